The van der Waals surface area contributed by atoms with Gasteiger partial charge in [0, 0.05) is 12.1 Å². The molecule has 0 atom stereocenters. The van der Waals surface area contributed by atoms with Crippen LogP contribution >= 0.6 is 0 Å². The number of fused-ring (bicyclic) bond motifs is 1. The zero-order valence-corrected chi connectivity index (χ0v) is 11.2. The van der Waals surface area contributed by atoms with Crippen LogP contribution in [0.5, 0.6) is 0 Å². The van der Waals surface area contributed by atoms with Gasteiger partial charge in [-0.2, -0.15) is 0 Å². The third kappa shape index (κ3) is 1.86. The van der Waals surface area contributed by atoms with Gasteiger partial charge >= 0.3 is 0 Å². The Morgan fingerprint density at radius 2 is 1.85 bits per heavy atom. The average molecular weight is 265 g/mol. The number of aromatic nitrogens is 2. The topological polar surface area (TPSA) is 60.9 Å². The van der Waals surface area contributed by atoms with Gasteiger partial charge in [0.2, 0.25) is 0 Å². The molecular formula is C16H15N3O. The van der Waals surface area contributed by atoms with E-state index in [1.54, 1.807) is 10.6 Å². The molecule has 1 heterocycles. The summed E-state index contributed by atoms with van der Waals surface area (Å²) < 4.78 is 1.64. The van der Waals surface area contributed by atoms with Crippen molar-refractivity contribution < 1.29 is 0 Å². The lowest BCUT2D eigenvalue weighted by Crippen LogP contribution is -2.24. The monoisotopic (exact) mass is 265 g/mol. The first-order chi connectivity index (χ1) is 9.72. The van der Waals surface area contributed by atoms with E-state index in [4.69, 9.17) is 5.73 Å². The van der Waals surface area contributed by atoms with Crippen LogP contribution < -0.4 is 11.3 Å². The Morgan fingerprint density at radius 1 is 1.10 bits per heavy atom. The van der Waals surface area contributed by atoms with Gasteiger partial charge in [-0.25, -0.2) is 4.98 Å². The molecule has 0 saturated carbocycles. The maximum Gasteiger partial charge on any atom is 0.268 e. The van der Waals surface area contributed by atoms with Gasteiger partial charge in [-0.1, -0.05) is 31.2 Å². The highest BCUT2D eigenvalue weighted by atomic mass is 16.1. The maximum absolute atomic E-state index is 12.8. The summed E-state index contributed by atoms with van der Waals surface area (Å²) in [5.41, 5.74) is 7.76. The van der Waals surface area contributed by atoms with Crippen LogP contribution in [0.1, 0.15) is 12.7 Å². The molecule has 2 aromatic carbocycles. The Morgan fingerprint density at radius 3 is 2.55 bits per heavy atom. The number of hydrogen-bond donors (Lipinski definition) is 1. The molecule has 0 fully saturated rings. The van der Waals surface area contributed by atoms with E-state index in [1.165, 1.54) is 0 Å². The quantitative estimate of drug-likeness (QED) is 0.724. The van der Waals surface area contributed by atoms with Crippen LogP contribution in [0.25, 0.3) is 16.6 Å². The van der Waals surface area contributed by atoms with Crippen LogP contribution in [0, 0.1) is 0 Å². The second-order valence-corrected chi connectivity index (χ2v) is 4.60. The number of nitrogens with two attached hydrogens (primary N) is 1. The van der Waals surface area contributed by atoms with Crippen LogP contribution in [0.15, 0.2) is 53.3 Å². The Kier molecular flexibility index (Phi) is 2.99. The largest absolute Gasteiger partial charge is 0.398 e. The van der Waals surface area contributed by atoms with Crippen LogP contribution in [0.3, 0.4) is 0 Å². The number of rotatable bonds is 2. The van der Waals surface area contributed by atoms with E-state index >= 15 is 0 Å². The van der Waals surface area contributed by atoms with Crippen molar-refractivity contribution in [1.29, 1.82) is 0 Å². The standard InChI is InChI=1S/C16H15N3O/c1-2-14-18-13-10-6-9-12(17)15(13)16(20)19(14)11-7-4-3-5-8-11/h3-10H,2,17H2,1H3. The van der Waals surface area contributed by atoms with E-state index in [1.807, 2.05) is 49.4 Å². The Balaban J connectivity index is 2.45. The first-order valence-electron chi connectivity index (χ1n) is 6.58. The molecule has 0 aliphatic heterocycles. The highest BCUT2D eigenvalue weighted by molar-refractivity contribution is 5.89. The minimum Gasteiger partial charge on any atom is -0.398 e. The predicted molar refractivity (Wildman–Crippen MR) is 81.1 cm³/mol. The summed E-state index contributed by atoms with van der Waals surface area (Å²) in [6.45, 7) is 1.99. The van der Waals surface area contributed by atoms with E-state index in [9.17, 15) is 4.79 Å². The minimum absolute atomic E-state index is 0.115. The average Bonchev–Trinajstić information content (AvgIpc) is 2.47. The SMILES string of the molecule is CCc1nc2cccc(N)c2c(=O)n1-c1ccccc1. The van der Waals surface area contributed by atoms with Crippen LogP contribution in [0.4, 0.5) is 5.69 Å². The van der Waals surface area contributed by atoms with E-state index < -0.39 is 0 Å². The molecule has 1 aromatic heterocycles. The summed E-state index contributed by atoms with van der Waals surface area (Å²) in [6, 6.07) is 14.9. The number of anilines is 1. The zero-order valence-electron chi connectivity index (χ0n) is 11.2. The van der Waals surface area contributed by atoms with E-state index in [0.29, 0.717) is 23.0 Å². The number of hydrogen-bond acceptors (Lipinski definition) is 3. The van der Waals surface area contributed by atoms with E-state index in [-0.39, 0.29) is 5.56 Å². The second-order valence-electron chi connectivity index (χ2n) is 4.60. The number of nitrogen functional groups attached to an aromatic ring is 1. The molecule has 0 saturated heterocycles. The van der Waals surface area contributed by atoms with Crippen molar-refractivity contribution in [2.24, 2.45) is 0 Å². The molecule has 0 amide bonds. The fraction of sp³-hybridized carbons (Fsp3) is 0.125. The van der Waals surface area contributed by atoms with Crippen molar-refractivity contribution in [1.82, 2.24) is 9.55 Å². The molecule has 0 unspecified atom stereocenters. The van der Waals surface area contributed by atoms with Crippen molar-refractivity contribution in [2.75, 3.05) is 5.73 Å². The van der Waals surface area contributed by atoms with Gasteiger partial charge in [0.15, 0.2) is 0 Å². The molecule has 4 heteroatoms. The van der Waals surface area contributed by atoms with E-state index in [0.717, 1.165) is 11.5 Å². The predicted octanol–water partition coefficient (Wildman–Crippen LogP) is 2.53. The molecule has 0 aliphatic rings. The summed E-state index contributed by atoms with van der Waals surface area (Å²) in [4.78, 5) is 17.3. The van der Waals surface area contributed by atoms with Gasteiger partial charge in [0.05, 0.1) is 16.6 Å². The Hall–Kier alpha value is -2.62. The fourth-order valence-electron chi connectivity index (χ4n) is 2.38. The number of nitrogens with zero attached hydrogens (tertiary/aromatic N) is 2. The van der Waals surface area contributed by atoms with Crippen LogP contribution in [-0.4, -0.2) is 9.55 Å². The summed E-state index contributed by atoms with van der Waals surface area (Å²) in [7, 11) is 0. The maximum atomic E-state index is 12.8. The molecule has 2 N–H and O–H groups in total. The van der Waals surface area contributed by atoms with Gasteiger partial charge < -0.3 is 5.73 Å². The zero-order chi connectivity index (χ0) is 14.1. The lowest BCUT2D eigenvalue weighted by atomic mass is 10.2. The van der Waals surface area contributed by atoms with E-state index in [2.05, 4.69) is 4.98 Å². The van der Waals surface area contributed by atoms with Gasteiger partial charge in [-0.3, -0.25) is 9.36 Å². The van der Waals surface area contributed by atoms with Crippen LogP contribution in [0.2, 0.25) is 0 Å². The molecule has 0 bridgehead atoms. The minimum atomic E-state index is -0.115. The van der Waals surface area contributed by atoms with Crippen molar-refractivity contribution in [3.8, 4) is 5.69 Å². The summed E-state index contributed by atoms with van der Waals surface area (Å²) >= 11 is 0. The highest BCUT2D eigenvalue weighted by Crippen LogP contribution is 2.18. The van der Waals surface area contributed by atoms with Crippen molar-refractivity contribution >= 4 is 16.6 Å². The van der Waals surface area contributed by atoms with Crippen LogP contribution in [-0.2, 0) is 6.42 Å². The molecule has 0 spiro atoms. The summed E-state index contributed by atoms with van der Waals surface area (Å²) in [5.74, 6) is 0.735. The second kappa shape index (κ2) is 4.81. The lowest BCUT2D eigenvalue weighted by Gasteiger charge is -2.13. The smallest absolute Gasteiger partial charge is 0.268 e. The summed E-state index contributed by atoms with van der Waals surface area (Å²) in [6.07, 6.45) is 0.675. The molecule has 0 aliphatic carbocycles. The lowest BCUT2D eigenvalue weighted by molar-refractivity contribution is 0.833. The first-order valence-corrected chi connectivity index (χ1v) is 6.58. The molecule has 0 radical (unpaired) electrons. The normalized spacial score (nSPS) is 10.8. The first kappa shape index (κ1) is 12.4. The highest BCUT2D eigenvalue weighted by Gasteiger charge is 2.12. The Labute approximate surface area is 116 Å². The number of para-hydroxylation sites is 1. The third-order valence-corrected chi connectivity index (χ3v) is 3.33. The van der Waals surface area contributed by atoms with Gasteiger partial charge in [0.1, 0.15) is 5.82 Å². The molecular weight excluding hydrogens is 250 g/mol. The number of aryl methyl sites for hydroxylation is 1. The number of benzene rings is 2. The van der Waals surface area contributed by atoms with Gasteiger partial charge in [-0.15, -0.1) is 0 Å². The molecule has 3 rings (SSSR count). The summed E-state index contributed by atoms with van der Waals surface area (Å²) in [5, 5.41) is 0.480. The van der Waals surface area contributed by atoms with Crippen molar-refractivity contribution in [2.45, 2.75) is 13.3 Å². The van der Waals surface area contributed by atoms with Crippen molar-refractivity contribution in [3.63, 3.8) is 0 Å². The third-order valence-electron chi connectivity index (χ3n) is 3.33. The molecule has 4 nitrogen and oxygen atoms in total. The molecule has 3 aromatic rings. The molecule has 100 valence electrons. The molecule has 20 heavy (non-hydrogen) atoms. The van der Waals surface area contributed by atoms with Gasteiger partial charge in [-0.05, 0) is 24.3 Å². The fourth-order valence-corrected chi connectivity index (χ4v) is 2.38. The Bertz CT molecular complexity index is 822. The van der Waals surface area contributed by atoms with Crippen molar-refractivity contribution in [3.05, 3.63) is 64.7 Å². The van der Waals surface area contributed by atoms with Gasteiger partial charge in [0.25, 0.3) is 5.56 Å².